The highest BCUT2D eigenvalue weighted by Gasteiger charge is 2.05. The minimum Gasteiger partial charge on any atom is -0.507 e. The molecule has 0 aromatic heterocycles. The van der Waals surface area contributed by atoms with Crippen LogP contribution < -0.4 is 4.74 Å². The van der Waals surface area contributed by atoms with E-state index in [0.29, 0.717) is 11.3 Å². The minimum absolute atomic E-state index is 0.0681. The van der Waals surface area contributed by atoms with Crippen LogP contribution in [0.5, 0.6) is 11.5 Å². The Balaban J connectivity index is 2.75. The lowest BCUT2D eigenvalue weighted by molar-refractivity contribution is 0.321. The van der Waals surface area contributed by atoms with Gasteiger partial charge in [-0.3, -0.25) is 0 Å². The molecule has 0 saturated heterocycles. The maximum Gasteiger partial charge on any atom is 0.126 e. The molecule has 2 aromatic carbocycles. The van der Waals surface area contributed by atoms with Crippen molar-refractivity contribution in [3.05, 3.63) is 35.9 Å². The predicted octanol–water partition coefficient (Wildman–Crippen LogP) is 2.36. The second kappa shape index (κ2) is 4.10. The van der Waals surface area contributed by atoms with Crippen molar-refractivity contribution >= 4 is 17.0 Å². The zero-order chi connectivity index (χ0) is 11.5. The number of aromatic hydroxyl groups is 1. The lowest BCUT2D eigenvalue weighted by atomic mass is 10.1. The lowest BCUT2D eigenvalue weighted by Crippen LogP contribution is -1.88. The van der Waals surface area contributed by atoms with Crippen LogP contribution in [0, 0.1) is 0 Å². The lowest BCUT2D eigenvalue weighted by Gasteiger charge is -2.07. The van der Waals surface area contributed by atoms with E-state index in [4.69, 9.17) is 9.94 Å². The molecule has 0 heterocycles. The van der Waals surface area contributed by atoms with Crippen molar-refractivity contribution in [1.29, 1.82) is 0 Å². The van der Waals surface area contributed by atoms with Crippen LogP contribution in [0.1, 0.15) is 5.56 Å². The number of ether oxygens (including phenoxy) is 1. The van der Waals surface area contributed by atoms with Gasteiger partial charge in [-0.2, -0.15) is 0 Å². The van der Waals surface area contributed by atoms with Gasteiger partial charge in [0.1, 0.15) is 11.5 Å². The first-order valence-corrected chi connectivity index (χ1v) is 4.73. The van der Waals surface area contributed by atoms with Gasteiger partial charge in [-0.05, 0) is 23.6 Å². The van der Waals surface area contributed by atoms with Gasteiger partial charge in [0.2, 0.25) is 0 Å². The van der Waals surface area contributed by atoms with E-state index >= 15 is 0 Å². The molecule has 0 unspecified atom stereocenters. The van der Waals surface area contributed by atoms with E-state index in [0.717, 1.165) is 10.8 Å². The number of nitrogens with zero attached hydrogens (tertiary/aromatic N) is 1. The van der Waals surface area contributed by atoms with Gasteiger partial charge >= 0.3 is 0 Å². The first kappa shape index (κ1) is 10.3. The van der Waals surface area contributed by atoms with E-state index < -0.39 is 0 Å². The molecular formula is C12H11NO3. The van der Waals surface area contributed by atoms with E-state index in [-0.39, 0.29) is 5.75 Å². The molecule has 0 saturated carbocycles. The number of methoxy groups -OCH3 is 1. The van der Waals surface area contributed by atoms with Crippen molar-refractivity contribution in [2.45, 2.75) is 0 Å². The molecule has 0 amide bonds. The van der Waals surface area contributed by atoms with Gasteiger partial charge in [0, 0.05) is 10.9 Å². The molecule has 0 radical (unpaired) electrons. The second-order valence-electron chi connectivity index (χ2n) is 3.34. The molecule has 4 nitrogen and oxygen atoms in total. The third-order valence-electron chi connectivity index (χ3n) is 2.40. The van der Waals surface area contributed by atoms with Gasteiger partial charge in [0.25, 0.3) is 0 Å². The number of hydrogen-bond acceptors (Lipinski definition) is 4. The molecule has 0 aliphatic heterocycles. The Labute approximate surface area is 92.4 Å². The van der Waals surface area contributed by atoms with Crippen LogP contribution in [0.4, 0.5) is 0 Å². The molecule has 82 valence electrons. The monoisotopic (exact) mass is 217 g/mol. The quantitative estimate of drug-likeness (QED) is 0.461. The van der Waals surface area contributed by atoms with E-state index in [1.165, 1.54) is 6.21 Å². The standard InChI is InChI=1S/C12H11NO3/c1-16-12-4-2-3-8-6-11(14)9(7-13-15)5-10(8)12/h2-7,14-15H,1H3. The average molecular weight is 217 g/mol. The Kier molecular flexibility index (Phi) is 2.64. The van der Waals surface area contributed by atoms with Gasteiger partial charge in [-0.15, -0.1) is 0 Å². The number of benzene rings is 2. The summed E-state index contributed by atoms with van der Waals surface area (Å²) in [6.07, 6.45) is 1.18. The van der Waals surface area contributed by atoms with Gasteiger partial charge in [0.05, 0.1) is 13.3 Å². The summed E-state index contributed by atoms with van der Waals surface area (Å²) in [7, 11) is 1.58. The highest BCUT2D eigenvalue weighted by Crippen LogP contribution is 2.30. The molecular weight excluding hydrogens is 206 g/mol. The van der Waals surface area contributed by atoms with Crippen LogP contribution in [-0.2, 0) is 0 Å². The Morgan fingerprint density at radius 2 is 2.12 bits per heavy atom. The molecule has 0 spiro atoms. The number of hydrogen-bond donors (Lipinski definition) is 2. The van der Waals surface area contributed by atoms with Crippen molar-refractivity contribution in [3.63, 3.8) is 0 Å². The molecule has 2 rings (SSSR count). The number of fused-ring (bicyclic) bond motifs is 1. The normalized spacial score (nSPS) is 11.1. The molecule has 16 heavy (non-hydrogen) atoms. The minimum atomic E-state index is 0.0681. The maximum atomic E-state index is 9.66. The molecule has 2 N–H and O–H groups in total. The molecule has 0 atom stereocenters. The van der Waals surface area contributed by atoms with Crippen LogP contribution in [0.2, 0.25) is 0 Å². The van der Waals surface area contributed by atoms with E-state index in [1.54, 1.807) is 19.2 Å². The SMILES string of the molecule is COc1cccc2cc(O)c(C=NO)cc12. The summed E-state index contributed by atoms with van der Waals surface area (Å²) in [5, 5.41) is 22.8. The van der Waals surface area contributed by atoms with Gasteiger partial charge < -0.3 is 15.1 Å². The summed E-state index contributed by atoms with van der Waals surface area (Å²) in [4.78, 5) is 0. The highest BCUT2D eigenvalue weighted by molar-refractivity contribution is 5.96. The largest absolute Gasteiger partial charge is 0.507 e. The average Bonchev–Trinajstić information content (AvgIpc) is 2.29. The molecule has 4 heteroatoms. The zero-order valence-electron chi connectivity index (χ0n) is 8.71. The van der Waals surface area contributed by atoms with Crippen LogP contribution >= 0.6 is 0 Å². The Bertz CT molecular complexity index is 549. The van der Waals surface area contributed by atoms with Crippen molar-refractivity contribution in [2.75, 3.05) is 7.11 Å². The third kappa shape index (κ3) is 1.65. The van der Waals surface area contributed by atoms with Gasteiger partial charge in [-0.1, -0.05) is 17.3 Å². The Hall–Kier alpha value is -2.23. The Morgan fingerprint density at radius 1 is 1.31 bits per heavy atom. The van der Waals surface area contributed by atoms with Crippen molar-refractivity contribution in [1.82, 2.24) is 0 Å². The first-order chi connectivity index (χ1) is 7.76. The summed E-state index contributed by atoms with van der Waals surface area (Å²) in [6, 6.07) is 8.87. The number of rotatable bonds is 2. The van der Waals surface area contributed by atoms with E-state index in [1.807, 2.05) is 18.2 Å². The maximum absolute atomic E-state index is 9.66. The van der Waals surface area contributed by atoms with Crippen molar-refractivity contribution in [3.8, 4) is 11.5 Å². The summed E-state index contributed by atoms with van der Waals surface area (Å²) in [6.45, 7) is 0. The van der Waals surface area contributed by atoms with Crippen molar-refractivity contribution in [2.24, 2.45) is 5.16 Å². The number of phenols is 1. The molecule has 0 aliphatic carbocycles. The predicted molar refractivity (Wildman–Crippen MR) is 61.5 cm³/mol. The van der Waals surface area contributed by atoms with Crippen molar-refractivity contribution < 1.29 is 15.1 Å². The Morgan fingerprint density at radius 3 is 2.81 bits per heavy atom. The molecule has 0 bridgehead atoms. The van der Waals surface area contributed by atoms with Crippen LogP contribution in [-0.4, -0.2) is 23.6 Å². The number of oxime groups is 1. The van der Waals surface area contributed by atoms with Crippen LogP contribution in [0.15, 0.2) is 35.5 Å². The van der Waals surface area contributed by atoms with Gasteiger partial charge in [0.15, 0.2) is 0 Å². The highest BCUT2D eigenvalue weighted by atomic mass is 16.5. The summed E-state index contributed by atoms with van der Waals surface area (Å²) >= 11 is 0. The topological polar surface area (TPSA) is 62.0 Å². The molecule has 2 aromatic rings. The fourth-order valence-corrected chi connectivity index (χ4v) is 1.64. The summed E-state index contributed by atoms with van der Waals surface area (Å²) in [5.41, 5.74) is 0.444. The fraction of sp³-hybridized carbons (Fsp3) is 0.0833. The smallest absolute Gasteiger partial charge is 0.126 e. The van der Waals surface area contributed by atoms with Crippen LogP contribution in [0.3, 0.4) is 0 Å². The number of phenolic OH excluding ortho intramolecular Hbond substituents is 1. The third-order valence-corrected chi connectivity index (χ3v) is 2.40. The fourth-order valence-electron chi connectivity index (χ4n) is 1.64. The van der Waals surface area contributed by atoms with Crippen LogP contribution in [0.25, 0.3) is 10.8 Å². The van der Waals surface area contributed by atoms with Gasteiger partial charge in [-0.25, -0.2) is 0 Å². The summed E-state index contributed by atoms with van der Waals surface area (Å²) < 4.78 is 5.21. The van der Waals surface area contributed by atoms with E-state index in [2.05, 4.69) is 5.16 Å². The second-order valence-corrected chi connectivity index (χ2v) is 3.34. The zero-order valence-corrected chi connectivity index (χ0v) is 8.71. The first-order valence-electron chi connectivity index (χ1n) is 4.73. The molecule has 0 aliphatic rings. The van der Waals surface area contributed by atoms with E-state index in [9.17, 15) is 5.11 Å². The summed E-state index contributed by atoms with van der Waals surface area (Å²) in [5.74, 6) is 0.781. The molecule has 0 fully saturated rings.